The first-order valence-electron chi connectivity index (χ1n) is 8.38. The molecule has 0 saturated heterocycles. The summed E-state index contributed by atoms with van der Waals surface area (Å²) in [5.74, 6) is 0.00836. The average Bonchev–Trinajstić information content (AvgIpc) is 3.46. The number of carbonyl (C=O) groups is 1. The lowest BCUT2D eigenvalue weighted by atomic mass is 10.2. The second-order valence-corrected chi connectivity index (χ2v) is 8.09. The Hall–Kier alpha value is -3.13. The van der Waals surface area contributed by atoms with Gasteiger partial charge < -0.3 is 9.73 Å². The number of rotatable bonds is 5. The lowest BCUT2D eigenvalue weighted by Gasteiger charge is -2.11. The fourth-order valence-electron chi connectivity index (χ4n) is 2.68. The Morgan fingerprint density at radius 2 is 1.78 bits per heavy atom. The highest BCUT2D eigenvalue weighted by Crippen LogP contribution is 2.30. The minimum atomic E-state index is -3.85. The summed E-state index contributed by atoms with van der Waals surface area (Å²) in [4.78, 5) is 23.1. The predicted octanol–water partition coefficient (Wildman–Crippen LogP) is 2.94. The van der Waals surface area contributed by atoms with Crippen LogP contribution in [0.15, 0.2) is 68.7 Å². The second kappa shape index (κ2) is 6.55. The number of benzene rings is 2. The molecule has 0 radical (unpaired) electrons. The fraction of sp³-hybridized carbons (Fsp3) is 0.158. The highest BCUT2D eigenvalue weighted by atomic mass is 32.2. The Balaban J connectivity index is 1.58. The van der Waals surface area contributed by atoms with Crippen molar-refractivity contribution >= 4 is 38.3 Å². The van der Waals surface area contributed by atoms with Crippen LogP contribution in [0.5, 0.6) is 0 Å². The summed E-state index contributed by atoms with van der Waals surface area (Å²) in [5.41, 5.74) is 0.684. The molecule has 27 heavy (non-hydrogen) atoms. The summed E-state index contributed by atoms with van der Waals surface area (Å²) in [6.07, 6.45) is 1.78. The van der Waals surface area contributed by atoms with Gasteiger partial charge in [0.2, 0.25) is 5.91 Å². The number of carbonyl (C=O) groups excluding carboxylic acids is 1. The molecule has 1 amide bonds. The molecule has 4 rings (SSSR count). The van der Waals surface area contributed by atoms with Crippen molar-refractivity contribution in [3.05, 3.63) is 65.0 Å². The molecule has 7 nitrogen and oxygen atoms in total. The molecule has 1 saturated carbocycles. The minimum Gasteiger partial charge on any atom is -0.423 e. The minimum absolute atomic E-state index is 0.0382. The first-order chi connectivity index (χ1) is 12.9. The quantitative estimate of drug-likeness (QED) is 0.658. The summed E-state index contributed by atoms with van der Waals surface area (Å²) < 4.78 is 32.9. The summed E-state index contributed by atoms with van der Waals surface area (Å²) in [6.45, 7) is 0. The van der Waals surface area contributed by atoms with E-state index < -0.39 is 15.6 Å². The van der Waals surface area contributed by atoms with Gasteiger partial charge in [-0.05, 0) is 55.3 Å². The lowest BCUT2D eigenvalue weighted by Crippen LogP contribution is -2.15. The van der Waals surface area contributed by atoms with E-state index in [1.54, 1.807) is 24.3 Å². The molecular formula is C19H16N2O5S. The average molecular weight is 384 g/mol. The summed E-state index contributed by atoms with van der Waals surface area (Å²) in [7, 11) is -3.85. The van der Waals surface area contributed by atoms with Crippen LogP contribution in [0.2, 0.25) is 0 Å². The van der Waals surface area contributed by atoms with Crippen LogP contribution in [0.25, 0.3) is 11.0 Å². The number of sulfonamides is 1. The van der Waals surface area contributed by atoms with Gasteiger partial charge in [-0.15, -0.1) is 0 Å². The van der Waals surface area contributed by atoms with Crippen molar-refractivity contribution in [2.45, 2.75) is 17.7 Å². The van der Waals surface area contributed by atoms with Crippen molar-refractivity contribution < 1.29 is 17.6 Å². The molecule has 0 spiro atoms. The van der Waals surface area contributed by atoms with Crippen LogP contribution in [-0.2, 0) is 14.8 Å². The van der Waals surface area contributed by atoms with Gasteiger partial charge >= 0.3 is 5.63 Å². The van der Waals surface area contributed by atoms with Crippen LogP contribution in [0.3, 0.4) is 0 Å². The summed E-state index contributed by atoms with van der Waals surface area (Å²) in [6, 6.07) is 13.5. The monoisotopic (exact) mass is 384 g/mol. The zero-order valence-electron chi connectivity index (χ0n) is 14.1. The molecule has 1 aromatic heterocycles. The van der Waals surface area contributed by atoms with Crippen LogP contribution in [-0.4, -0.2) is 14.3 Å². The molecule has 0 unspecified atom stereocenters. The smallest absolute Gasteiger partial charge is 0.336 e. The summed E-state index contributed by atoms with van der Waals surface area (Å²) in [5, 5.41) is 3.29. The molecule has 1 aliphatic carbocycles. The van der Waals surface area contributed by atoms with Gasteiger partial charge in [0.05, 0.1) is 10.6 Å². The molecule has 2 aromatic carbocycles. The van der Waals surface area contributed by atoms with Crippen LogP contribution in [0.1, 0.15) is 12.8 Å². The maximum atomic E-state index is 12.7. The standard InChI is InChI=1S/C19H16N2O5S/c22-18-9-6-13-10-16(7-8-17(13)26-18)27(24,25)21-15-3-1-2-14(11-15)20-19(23)12-4-5-12/h1-3,6-12,21H,4-5H2,(H,20,23). The van der Waals surface area contributed by atoms with Gasteiger partial charge in [-0.2, -0.15) is 0 Å². The highest BCUT2D eigenvalue weighted by molar-refractivity contribution is 7.92. The van der Waals surface area contributed by atoms with E-state index in [4.69, 9.17) is 4.42 Å². The van der Waals surface area contributed by atoms with Crippen molar-refractivity contribution in [2.24, 2.45) is 5.92 Å². The third-order valence-corrected chi connectivity index (χ3v) is 5.61. The van der Waals surface area contributed by atoms with Gasteiger partial charge in [0.1, 0.15) is 5.58 Å². The van der Waals surface area contributed by atoms with Crippen LogP contribution >= 0.6 is 0 Å². The first-order valence-corrected chi connectivity index (χ1v) is 9.87. The van der Waals surface area contributed by atoms with Crippen LogP contribution in [0.4, 0.5) is 11.4 Å². The molecule has 2 N–H and O–H groups in total. The van der Waals surface area contributed by atoms with Gasteiger partial charge in [-0.3, -0.25) is 9.52 Å². The molecular weight excluding hydrogens is 368 g/mol. The van der Waals surface area contributed by atoms with Crippen LogP contribution in [0, 0.1) is 5.92 Å². The third-order valence-electron chi connectivity index (χ3n) is 4.23. The van der Waals surface area contributed by atoms with Crippen molar-refractivity contribution in [3.8, 4) is 0 Å². The van der Waals surface area contributed by atoms with E-state index in [9.17, 15) is 18.0 Å². The second-order valence-electron chi connectivity index (χ2n) is 6.40. The zero-order chi connectivity index (χ0) is 19.0. The lowest BCUT2D eigenvalue weighted by molar-refractivity contribution is -0.117. The number of nitrogens with one attached hydrogen (secondary N) is 2. The largest absolute Gasteiger partial charge is 0.423 e. The van der Waals surface area contributed by atoms with Gasteiger partial charge in [-0.1, -0.05) is 6.07 Å². The Morgan fingerprint density at radius 1 is 1.00 bits per heavy atom. The molecule has 8 heteroatoms. The van der Waals surface area contributed by atoms with Crippen molar-refractivity contribution in [2.75, 3.05) is 10.0 Å². The maximum Gasteiger partial charge on any atom is 0.336 e. The SMILES string of the molecule is O=C(Nc1cccc(NS(=O)(=O)c2ccc3oc(=O)ccc3c2)c1)C1CC1. The number of hydrogen-bond acceptors (Lipinski definition) is 5. The van der Waals surface area contributed by atoms with Crippen LogP contribution < -0.4 is 15.7 Å². The summed E-state index contributed by atoms with van der Waals surface area (Å²) >= 11 is 0. The topological polar surface area (TPSA) is 105 Å². The van der Waals surface area contributed by atoms with Crippen molar-refractivity contribution in [3.63, 3.8) is 0 Å². The van der Waals surface area contributed by atoms with E-state index >= 15 is 0 Å². The van der Waals surface area contributed by atoms with E-state index in [0.717, 1.165) is 12.8 Å². The number of anilines is 2. The molecule has 0 bridgehead atoms. The van der Waals surface area contributed by atoms with E-state index in [0.29, 0.717) is 22.3 Å². The van der Waals surface area contributed by atoms with Gasteiger partial charge in [0.15, 0.2) is 0 Å². The number of amides is 1. The van der Waals surface area contributed by atoms with Crippen molar-refractivity contribution in [1.82, 2.24) is 0 Å². The Labute approximate surface area is 155 Å². The molecule has 1 heterocycles. The van der Waals surface area contributed by atoms with Crippen molar-refractivity contribution in [1.29, 1.82) is 0 Å². The van der Waals surface area contributed by atoms with Gasteiger partial charge in [0, 0.05) is 23.1 Å². The Bertz CT molecular complexity index is 1200. The van der Waals surface area contributed by atoms with Gasteiger partial charge in [0.25, 0.3) is 10.0 Å². The van der Waals surface area contributed by atoms with E-state index in [1.165, 1.54) is 30.3 Å². The molecule has 0 atom stereocenters. The number of fused-ring (bicyclic) bond motifs is 1. The maximum absolute atomic E-state index is 12.7. The molecule has 0 aliphatic heterocycles. The molecule has 1 aliphatic rings. The number of hydrogen-bond donors (Lipinski definition) is 2. The first kappa shape index (κ1) is 17.3. The molecule has 1 fully saturated rings. The predicted molar refractivity (Wildman–Crippen MR) is 101 cm³/mol. The fourth-order valence-corrected chi connectivity index (χ4v) is 3.77. The normalized spacial score (nSPS) is 14.1. The van der Waals surface area contributed by atoms with E-state index in [-0.39, 0.29) is 16.7 Å². The highest BCUT2D eigenvalue weighted by Gasteiger charge is 2.29. The van der Waals surface area contributed by atoms with E-state index in [1.807, 2.05) is 0 Å². The van der Waals surface area contributed by atoms with Gasteiger partial charge in [-0.25, -0.2) is 13.2 Å². The third kappa shape index (κ3) is 3.85. The van der Waals surface area contributed by atoms with E-state index in [2.05, 4.69) is 10.0 Å². The molecule has 138 valence electrons. The Kier molecular flexibility index (Phi) is 4.19. The zero-order valence-corrected chi connectivity index (χ0v) is 15.0. The molecule has 3 aromatic rings. The Morgan fingerprint density at radius 3 is 2.56 bits per heavy atom.